The molecule has 1 amide bonds. The summed E-state index contributed by atoms with van der Waals surface area (Å²) in [6, 6.07) is 10.2. The summed E-state index contributed by atoms with van der Waals surface area (Å²) < 4.78 is 0. The molecule has 1 aliphatic rings. The summed E-state index contributed by atoms with van der Waals surface area (Å²) >= 11 is 3.13. The molecule has 0 spiro atoms. The number of carbonyl (C=O) groups excluding carboxylic acids is 1. The van der Waals surface area contributed by atoms with Crippen LogP contribution in [0.1, 0.15) is 47.5 Å². The van der Waals surface area contributed by atoms with Gasteiger partial charge in [0, 0.05) is 11.4 Å². The smallest absolute Gasteiger partial charge is 0.259 e. The molecule has 1 aromatic carbocycles. The summed E-state index contributed by atoms with van der Waals surface area (Å²) in [7, 11) is 0. The second-order valence-corrected chi connectivity index (χ2v) is 9.58. The molecule has 1 atom stereocenters. The van der Waals surface area contributed by atoms with Crippen LogP contribution in [-0.4, -0.2) is 28.2 Å². The fraction of sp³-hybridized carbons (Fsp3) is 0.409. The molecule has 3 aromatic rings. The summed E-state index contributed by atoms with van der Waals surface area (Å²) in [5.74, 6) is 1.80. The quantitative estimate of drug-likeness (QED) is 0.597. The predicted octanol–water partition coefficient (Wildman–Crippen LogP) is 4.02. The largest absolute Gasteiger partial charge is 0.355 e. The van der Waals surface area contributed by atoms with E-state index in [4.69, 9.17) is 0 Å². The van der Waals surface area contributed by atoms with Crippen LogP contribution >= 0.6 is 23.1 Å². The van der Waals surface area contributed by atoms with E-state index in [-0.39, 0.29) is 17.4 Å². The van der Waals surface area contributed by atoms with Crippen molar-refractivity contribution < 1.29 is 4.79 Å². The molecular weight excluding hydrogens is 402 g/mol. The van der Waals surface area contributed by atoms with Crippen LogP contribution in [0.15, 0.2) is 35.1 Å². The molecule has 7 heteroatoms. The van der Waals surface area contributed by atoms with Crippen LogP contribution in [0.4, 0.5) is 0 Å². The zero-order valence-corrected chi connectivity index (χ0v) is 18.1. The number of aromatic amines is 1. The van der Waals surface area contributed by atoms with E-state index in [0.717, 1.165) is 29.5 Å². The Labute approximate surface area is 178 Å². The number of carbonyl (C=O) groups is 1. The molecule has 0 fully saturated rings. The lowest BCUT2D eigenvalue weighted by Crippen LogP contribution is -2.29. The number of hydrogen-bond acceptors (Lipinski definition) is 5. The number of benzene rings is 1. The molecule has 2 N–H and O–H groups in total. The standard InChI is InChI=1S/C22H25N3O2S2/c1-14(15-7-3-2-4-8-15)11-23-19(26)13-28-12-18-24-21(27)20-16-9-5-6-10-17(16)29-22(20)25-18/h2-4,7-8,14H,5-6,9-13H2,1H3,(H,23,26)(H,24,25,27). The van der Waals surface area contributed by atoms with Gasteiger partial charge in [-0.1, -0.05) is 37.3 Å². The van der Waals surface area contributed by atoms with Gasteiger partial charge < -0.3 is 10.3 Å². The first kappa shape index (κ1) is 20.2. The normalized spacial score (nSPS) is 14.5. The molecule has 1 aliphatic carbocycles. The van der Waals surface area contributed by atoms with Crippen molar-refractivity contribution in [1.29, 1.82) is 0 Å². The monoisotopic (exact) mass is 427 g/mol. The highest BCUT2D eigenvalue weighted by Crippen LogP contribution is 2.33. The number of nitrogens with zero attached hydrogens (tertiary/aromatic N) is 1. The molecule has 0 radical (unpaired) electrons. The van der Waals surface area contributed by atoms with Crippen LogP contribution < -0.4 is 10.9 Å². The van der Waals surface area contributed by atoms with Crippen LogP contribution in [0.5, 0.6) is 0 Å². The maximum absolute atomic E-state index is 12.6. The minimum Gasteiger partial charge on any atom is -0.355 e. The highest BCUT2D eigenvalue weighted by molar-refractivity contribution is 7.99. The summed E-state index contributed by atoms with van der Waals surface area (Å²) in [4.78, 5) is 34.5. The Hall–Kier alpha value is -2.12. The molecule has 2 aromatic heterocycles. The molecule has 2 heterocycles. The third-order valence-corrected chi connectivity index (χ3v) is 7.45. The van der Waals surface area contributed by atoms with Gasteiger partial charge in [0.1, 0.15) is 10.7 Å². The molecule has 4 rings (SSSR count). The number of H-pyrrole nitrogens is 1. The SMILES string of the molecule is CC(CNC(=O)CSCc1nc2sc3c(c2c(=O)[nH]1)CCCC3)c1ccccc1. The Balaban J connectivity index is 1.30. The van der Waals surface area contributed by atoms with Crippen molar-refractivity contribution in [1.82, 2.24) is 15.3 Å². The van der Waals surface area contributed by atoms with Gasteiger partial charge in [-0.3, -0.25) is 9.59 Å². The number of aromatic nitrogens is 2. The first-order chi connectivity index (χ1) is 14.1. The van der Waals surface area contributed by atoms with E-state index in [1.54, 1.807) is 11.3 Å². The molecule has 29 heavy (non-hydrogen) atoms. The van der Waals surface area contributed by atoms with Crippen LogP contribution in [0.2, 0.25) is 0 Å². The van der Waals surface area contributed by atoms with Crippen molar-refractivity contribution in [2.24, 2.45) is 0 Å². The van der Waals surface area contributed by atoms with Crippen molar-refractivity contribution in [2.75, 3.05) is 12.3 Å². The van der Waals surface area contributed by atoms with Gasteiger partial charge in [0.15, 0.2) is 0 Å². The first-order valence-electron chi connectivity index (χ1n) is 10.0. The number of amides is 1. The van der Waals surface area contributed by atoms with E-state index in [2.05, 4.69) is 34.3 Å². The highest BCUT2D eigenvalue weighted by Gasteiger charge is 2.19. The number of thiophene rings is 1. The number of aryl methyl sites for hydroxylation is 2. The van der Waals surface area contributed by atoms with Gasteiger partial charge in [-0.05, 0) is 42.7 Å². The predicted molar refractivity (Wildman–Crippen MR) is 121 cm³/mol. The third-order valence-electron chi connectivity index (χ3n) is 5.32. The van der Waals surface area contributed by atoms with Gasteiger partial charge in [0.25, 0.3) is 5.56 Å². The van der Waals surface area contributed by atoms with Crippen molar-refractivity contribution in [3.63, 3.8) is 0 Å². The van der Waals surface area contributed by atoms with E-state index in [1.807, 2.05) is 18.2 Å². The lowest BCUT2D eigenvalue weighted by Gasteiger charge is -2.13. The Morgan fingerprint density at radius 2 is 2.07 bits per heavy atom. The molecule has 152 valence electrons. The Morgan fingerprint density at radius 3 is 2.90 bits per heavy atom. The molecule has 5 nitrogen and oxygen atoms in total. The minimum atomic E-state index is -0.0360. The summed E-state index contributed by atoms with van der Waals surface area (Å²) in [6.45, 7) is 2.72. The van der Waals surface area contributed by atoms with Crippen molar-refractivity contribution in [2.45, 2.75) is 44.3 Å². The number of hydrogen-bond donors (Lipinski definition) is 2. The van der Waals surface area contributed by atoms with E-state index in [1.165, 1.54) is 34.2 Å². The van der Waals surface area contributed by atoms with Gasteiger partial charge >= 0.3 is 0 Å². The number of rotatable bonds is 7. The number of thioether (sulfide) groups is 1. The molecule has 0 bridgehead atoms. The van der Waals surface area contributed by atoms with E-state index < -0.39 is 0 Å². The van der Waals surface area contributed by atoms with Crippen LogP contribution in [0.3, 0.4) is 0 Å². The second kappa shape index (κ2) is 9.13. The topological polar surface area (TPSA) is 74.8 Å². The van der Waals surface area contributed by atoms with Gasteiger partial charge in [-0.15, -0.1) is 23.1 Å². The number of nitrogens with one attached hydrogen (secondary N) is 2. The molecule has 0 saturated heterocycles. The van der Waals surface area contributed by atoms with Gasteiger partial charge in [0.05, 0.1) is 16.9 Å². The third kappa shape index (κ3) is 4.73. The summed E-state index contributed by atoms with van der Waals surface area (Å²) in [5.41, 5.74) is 2.39. The lowest BCUT2D eigenvalue weighted by atomic mass is 9.97. The highest BCUT2D eigenvalue weighted by atomic mass is 32.2. The maximum Gasteiger partial charge on any atom is 0.259 e. The van der Waals surface area contributed by atoms with E-state index >= 15 is 0 Å². The molecular formula is C22H25N3O2S2. The van der Waals surface area contributed by atoms with Crippen LogP contribution in [0, 0.1) is 0 Å². The zero-order chi connectivity index (χ0) is 20.2. The first-order valence-corrected chi connectivity index (χ1v) is 12.0. The molecule has 0 saturated carbocycles. The summed E-state index contributed by atoms with van der Waals surface area (Å²) in [5, 5.41) is 3.77. The summed E-state index contributed by atoms with van der Waals surface area (Å²) in [6.07, 6.45) is 4.38. The van der Waals surface area contributed by atoms with Gasteiger partial charge in [-0.2, -0.15) is 0 Å². The fourth-order valence-corrected chi connectivity index (χ4v) is 5.74. The van der Waals surface area contributed by atoms with E-state index in [9.17, 15) is 9.59 Å². The second-order valence-electron chi connectivity index (χ2n) is 7.51. The minimum absolute atomic E-state index is 0.00722. The van der Waals surface area contributed by atoms with Crippen molar-refractivity contribution in [3.05, 3.63) is 62.5 Å². The molecule has 1 unspecified atom stereocenters. The van der Waals surface area contributed by atoms with Crippen molar-refractivity contribution >= 4 is 39.2 Å². The van der Waals surface area contributed by atoms with E-state index in [0.29, 0.717) is 23.9 Å². The van der Waals surface area contributed by atoms with Gasteiger partial charge in [-0.25, -0.2) is 4.98 Å². The maximum atomic E-state index is 12.6. The fourth-order valence-electron chi connectivity index (χ4n) is 3.73. The average molecular weight is 428 g/mol. The Kier molecular flexibility index (Phi) is 6.35. The Bertz CT molecular complexity index is 1060. The van der Waals surface area contributed by atoms with Gasteiger partial charge in [0.2, 0.25) is 5.91 Å². The van der Waals surface area contributed by atoms with Crippen molar-refractivity contribution in [3.8, 4) is 0 Å². The lowest BCUT2D eigenvalue weighted by molar-refractivity contribution is -0.118. The van der Waals surface area contributed by atoms with Crippen LogP contribution in [-0.2, 0) is 23.4 Å². The molecule has 0 aliphatic heterocycles. The zero-order valence-electron chi connectivity index (χ0n) is 16.5. The average Bonchev–Trinajstić information content (AvgIpc) is 3.11. The van der Waals surface area contributed by atoms with Crippen LogP contribution in [0.25, 0.3) is 10.2 Å². The Morgan fingerprint density at radius 1 is 1.28 bits per heavy atom. The number of fused-ring (bicyclic) bond motifs is 3.